The average Bonchev–Trinajstić information content (AvgIpc) is 3.35. The number of nitrogens with one attached hydrogen (secondary N) is 2. The van der Waals surface area contributed by atoms with Gasteiger partial charge in [-0.25, -0.2) is 4.98 Å². The maximum atomic E-state index is 12.4. The predicted octanol–water partition coefficient (Wildman–Crippen LogP) is 3.34. The topological polar surface area (TPSA) is 66.4 Å². The highest BCUT2D eigenvalue weighted by Crippen LogP contribution is 2.17. The van der Waals surface area contributed by atoms with Gasteiger partial charge in [0, 0.05) is 29.6 Å². The molecule has 0 spiro atoms. The van der Waals surface area contributed by atoms with Crippen LogP contribution in [0.15, 0.2) is 65.0 Å². The van der Waals surface area contributed by atoms with Gasteiger partial charge >= 0.3 is 0 Å². The van der Waals surface area contributed by atoms with Crippen molar-refractivity contribution < 1.29 is 4.79 Å². The normalized spacial score (nSPS) is 13.2. The quantitative estimate of drug-likeness (QED) is 0.732. The molecular formula is C20H18N4OS. The molecule has 0 saturated heterocycles. The van der Waals surface area contributed by atoms with Gasteiger partial charge in [-0.05, 0) is 29.8 Å². The van der Waals surface area contributed by atoms with E-state index in [0.29, 0.717) is 5.69 Å². The number of anilines is 1. The molecule has 0 atom stereocenters. The molecule has 0 saturated carbocycles. The number of nitrogens with zero attached hydrogens (tertiary/aromatic N) is 2. The predicted molar refractivity (Wildman–Crippen MR) is 105 cm³/mol. The van der Waals surface area contributed by atoms with E-state index in [4.69, 9.17) is 0 Å². The summed E-state index contributed by atoms with van der Waals surface area (Å²) < 4.78 is 0. The third kappa shape index (κ3) is 3.81. The Morgan fingerprint density at radius 3 is 2.65 bits per heavy atom. The zero-order valence-electron chi connectivity index (χ0n) is 14.1. The maximum absolute atomic E-state index is 12.4. The summed E-state index contributed by atoms with van der Waals surface area (Å²) in [5.74, 6) is 0.720. The Balaban J connectivity index is 1.40. The van der Waals surface area contributed by atoms with Crippen LogP contribution in [0.4, 0.5) is 5.69 Å². The van der Waals surface area contributed by atoms with E-state index in [1.54, 1.807) is 5.38 Å². The minimum Gasteiger partial charge on any atom is -0.368 e. The smallest absolute Gasteiger partial charge is 0.275 e. The van der Waals surface area contributed by atoms with Crippen molar-refractivity contribution in [2.24, 2.45) is 4.99 Å². The van der Waals surface area contributed by atoms with E-state index < -0.39 is 0 Å². The van der Waals surface area contributed by atoms with Gasteiger partial charge in [0.05, 0.1) is 11.6 Å². The maximum Gasteiger partial charge on any atom is 0.275 e. The van der Waals surface area contributed by atoms with E-state index in [2.05, 4.69) is 32.7 Å². The standard InChI is InChI=1S/C20H18N4OS/c25-20(17-13-26-18(24-17)12-14-4-2-1-3-5-14)23-16-8-6-15(7-9-16)19-21-10-11-22-19/h1-9,13H,10-12H2,(H,21,22)(H,23,25). The van der Waals surface area contributed by atoms with Gasteiger partial charge in [-0.1, -0.05) is 30.3 Å². The second-order valence-electron chi connectivity index (χ2n) is 5.98. The van der Waals surface area contributed by atoms with Gasteiger partial charge < -0.3 is 10.6 Å². The Hall–Kier alpha value is -2.99. The number of thiazole rings is 1. The molecule has 0 unspecified atom stereocenters. The Labute approximate surface area is 155 Å². The summed E-state index contributed by atoms with van der Waals surface area (Å²) in [4.78, 5) is 21.3. The minimum atomic E-state index is -0.190. The number of amides is 1. The molecule has 0 bridgehead atoms. The molecule has 1 aliphatic heterocycles. The highest BCUT2D eigenvalue weighted by atomic mass is 32.1. The average molecular weight is 362 g/mol. The highest BCUT2D eigenvalue weighted by Gasteiger charge is 2.12. The van der Waals surface area contributed by atoms with Crippen molar-refractivity contribution in [1.82, 2.24) is 10.3 Å². The number of hydrogen-bond acceptors (Lipinski definition) is 5. The number of amidine groups is 1. The SMILES string of the molecule is O=C(Nc1ccc(C2=NCCN2)cc1)c1csc(Cc2ccccc2)n1. The molecule has 0 radical (unpaired) electrons. The van der Waals surface area contributed by atoms with Gasteiger partial charge in [0.2, 0.25) is 0 Å². The number of hydrogen-bond donors (Lipinski definition) is 2. The highest BCUT2D eigenvalue weighted by molar-refractivity contribution is 7.09. The largest absolute Gasteiger partial charge is 0.368 e. The van der Waals surface area contributed by atoms with E-state index in [-0.39, 0.29) is 5.91 Å². The number of aromatic nitrogens is 1. The van der Waals surface area contributed by atoms with Crippen molar-refractivity contribution >= 4 is 28.8 Å². The van der Waals surface area contributed by atoms with E-state index in [1.807, 2.05) is 42.5 Å². The lowest BCUT2D eigenvalue weighted by Crippen LogP contribution is -2.19. The van der Waals surface area contributed by atoms with Crippen LogP contribution in [0, 0.1) is 0 Å². The second kappa shape index (κ2) is 7.49. The molecule has 1 aliphatic rings. The lowest BCUT2D eigenvalue weighted by atomic mass is 10.2. The molecule has 5 nitrogen and oxygen atoms in total. The van der Waals surface area contributed by atoms with Crippen molar-refractivity contribution in [3.05, 3.63) is 81.8 Å². The van der Waals surface area contributed by atoms with Crippen LogP contribution >= 0.6 is 11.3 Å². The number of carbonyl (C=O) groups is 1. The van der Waals surface area contributed by atoms with Crippen molar-refractivity contribution in [3.8, 4) is 0 Å². The summed E-state index contributed by atoms with van der Waals surface area (Å²) in [5, 5.41) is 8.87. The van der Waals surface area contributed by atoms with Crippen LogP contribution in [0.2, 0.25) is 0 Å². The summed E-state index contributed by atoms with van der Waals surface area (Å²) >= 11 is 1.51. The van der Waals surface area contributed by atoms with Crippen molar-refractivity contribution in [2.75, 3.05) is 18.4 Å². The zero-order chi connectivity index (χ0) is 17.8. The zero-order valence-corrected chi connectivity index (χ0v) is 14.9. The number of carbonyl (C=O) groups excluding carboxylic acids is 1. The van der Waals surface area contributed by atoms with E-state index in [9.17, 15) is 4.79 Å². The molecule has 0 aliphatic carbocycles. The molecule has 0 fully saturated rings. The third-order valence-corrected chi connectivity index (χ3v) is 4.92. The fraction of sp³-hybridized carbons (Fsp3) is 0.150. The molecular weight excluding hydrogens is 344 g/mol. The van der Waals surface area contributed by atoms with Crippen LogP contribution in [-0.2, 0) is 6.42 Å². The first-order valence-electron chi connectivity index (χ1n) is 8.46. The Morgan fingerprint density at radius 2 is 1.92 bits per heavy atom. The van der Waals surface area contributed by atoms with Crippen LogP contribution in [0.25, 0.3) is 0 Å². The second-order valence-corrected chi connectivity index (χ2v) is 6.92. The molecule has 130 valence electrons. The van der Waals surface area contributed by atoms with E-state index in [1.165, 1.54) is 16.9 Å². The third-order valence-electron chi connectivity index (χ3n) is 4.07. The lowest BCUT2D eigenvalue weighted by molar-refractivity contribution is 0.102. The number of aliphatic imine (C=N–C) groups is 1. The molecule has 1 amide bonds. The van der Waals surface area contributed by atoms with Gasteiger partial charge in [0.25, 0.3) is 5.91 Å². The van der Waals surface area contributed by atoms with Crippen LogP contribution in [0.1, 0.15) is 26.6 Å². The molecule has 6 heteroatoms. The van der Waals surface area contributed by atoms with Crippen LogP contribution in [0.3, 0.4) is 0 Å². The first-order chi connectivity index (χ1) is 12.8. The number of benzene rings is 2. The first-order valence-corrected chi connectivity index (χ1v) is 9.34. The first kappa shape index (κ1) is 16.5. The van der Waals surface area contributed by atoms with Crippen LogP contribution in [-0.4, -0.2) is 29.8 Å². The molecule has 3 aromatic rings. The number of rotatable bonds is 5. The van der Waals surface area contributed by atoms with Crippen molar-refractivity contribution in [1.29, 1.82) is 0 Å². The summed E-state index contributed by atoms with van der Waals surface area (Å²) in [6, 6.07) is 17.8. The van der Waals surface area contributed by atoms with Crippen LogP contribution < -0.4 is 10.6 Å². The van der Waals surface area contributed by atoms with Gasteiger partial charge in [-0.15, -0.1) is 11.3 Å². The monoisotopic (exact) mass is 362 g/mol. The summed E-state index contributed by atoms with van der Waals surface area (Å²) in [6.45, 7) is 1.69. The lowest BCUT2D eigenvalue weighted by Gasteiger charge is -2.06. The van der Waals surface area contributed by atoms with E-state index >= 15 is 0 Å². The van der Waals surface area contributed by atoms with E-state index in [0.717, 1.165) is 41.6 Å². The van der Waals surface area contributed by atoms with Crippen LogP contribution in [0.5, 0.6) is 0 Å². The Bertz CT molecular complexity index is 932. The fourth-order valence-corrected chi connectivity index (χ4v) is 3.57. The van der Waals surface area contributed by atoms with Gasteiger partial charge in [0.1, 0.15) is 11.5 Å². The fourth-order valence-electron chi connectivity index (χ4n) is 2.76. The molecule has 1 aromatic heterocycles. The summed E-state index contributed by atoms with van der Waals surface area (Å²) in [6.07, 6.45) is 0.739. The summed E-state index contributed by atoms with van der Waals surface area (Å²) in [7, 11) is 0. The Morgan fingerprint density at radius 1 is 1.12 bits per heavy atom. The molecule has 26 heavy (non-hydrogen) atoms. The van der Waals surface area contributed by atoms with Gasteiger partial charge in [-0.2, -0.15) is 0 Å². The summed E-state index contributed by atoms with van der Waals surface area (Å²) in [5.41, 5.74) is 3.41. The Kier molecular flexibility index (Phi) is 4.75. The molecule has 2 N–H and O–H groups in total. The minimum absolute atomic E-state index is 0.190. The van der Waals surface area contributed by atoms with Gasteiger partial charge in [-0.3, -0.25) is 9.79 Å². The molecule has 2 aromatic carbocycles. The van der Waals surface area contributed by atoms with Gasteiger partial charge in [0.15, 0.2) is 0 Å². The van der Waals surface area contributed by atoms with Crippen molar-refractivity contribution in [3.63, 3.8) is 0 Å². The van der Waals surface area contributed by atoms with Crippen molar-refractivity contribution in [2.45, 2.75) is 6.42 Å². The molecule has 4 rings (SSSR count). The molecule has 2 heterocycles.